The summed E-state index contributed by atoms with van der Waals surface area (Å²) in [6.45, 7) is 4.19. The van der Waals surface area contributed by atoms with E-state index in [9.17, 15) is 12.8 Å². The zero-order valence-corrected chi connectivity index (χ0v) is 12.9. The number of nitrogens with one attached hydrogen (secondary N) is 1. The van der Waals surface area contributed by atoms with Gasteiger partial charge in [0.1, 0.15) is 5.82 Å². The van der Waals surface area contributed by atoms with Crippen LogP contribution in [-0.2, 0) is 10.0 Å². The third-order valence-electron chi connectivity index (χ3n) is 3.91. The van der Waals surface area contributed by atoms with Gasteiger partial charge in [-0.05, 0) is 57.0 Å². The molecule has 0 unspecified atom stereocenters. The Morgan fingerprint density at radius 1 is 1.20 bits per heavy atom. The van der Waals surface area contributed by atoms with Crippen molar-refractivity contribution in [2.45, 2.75) is 37.6 Å². The van der Waals surface area contributed by atoms with Crippen LogP contribution in [0.4, 0.5) is 4.39 Å². The van der Waals surface area contributed by atoms with E-state index < -0.39 is 10.0 Å². The summed E-state index contributed by atoms with van der Waals surface area (Å²) in [6, 6.07) is 3.21. The van der Waals surface area contributed by atoms with Crippen LogP contribution in [-0.4, -0.2) is 38.9 Å². The lowest BCUT2D eigenvalue weighted by molar-refractivity contribution is 0.298. The Labute approximate surface area is 120 Å². The molecule has 0 saturated carbocycles. The number of rotatable bonds is 3. The van der Waals surface area contributed by atoms with Gasteiger partial charge in [-0.15, -0.1) is 0 Å². The van der Waals surface area contributed by atoms with Crippen LogP contribution >= 0.6 is 0 Å². The highest BCUT2D eigenvalue weighted by Crippen LogP contribution is 2.24. The summed E-state index contributed by atoms with van der Waals surface area (Å²) >= 11 is 0. The Kier molecular flexibility index (Phi) is 4.46. The molecule has 0 radical (unpaired) electrons. The zero-order chi connectivity index (χ0) is 14.9. The molecule has 2 rings (SSSR count). The van der Waals surface area contributed by atoms with Gasteiger partial charge >= 0.3 is 0 Å². The maximum absolute atomic E-state index is 13.6. The molecule has 0 amide bonds. The molecule has 20 heavy (non-hydrogen) atoms. The summed E-state index contributed by atoms with van der Waals surface area (Å²) in [4.78, 5) is 0.191. The minimum atomic E-state index is -3.52. The van der Waals surface area contributed by atoms with Crippen molar-refractivity contribution in [2.75, 3.05) is 20.1 Å². The molecule has 1 aromatic rings. The summed E-state index contributed by atoms with van der Waals surface area (Å²) in [6.07, 6.45) is 1.60. The average molecular weight is 300 g/mol. The first kappa shape index (κ1) is 15.4. The Morgan fingerprint density at radius 3 is 2.15 bits per heavy atom. The van der Waals surface area contributed by atoms with Crippen LogP contribution in [0.2, 0.25) is 0 Å². The molecule has 1 aromatic carbocycles. The quantitative estimate of drug-likeness (QED) is 0.926. The molecule has 4 nitrogen and oxygen atoms in total. The van der Waals surface area contributed by atoms with Crippen molar-refractivity contribution < 1.29 is 12.8 Å². The molecule has 1 N–H and O–H groups in total. The van der Waals surface area contributed by atoms with Crippen LogP contribution in [0.3, 0.4) is 0 Å². The monoisotopic (exact) mass is 300 g/mol. The van der Waals surface area contributed by atoms with E-state index in [1.54, 1.807) is 13.8 Å². The van der Waals surface area contributed by atoms with Crippen molar-refractivity contribution in [1.29, 1.82) is 0 Å². The number of nitrogens with zero attached hydrogens (tertiary/aromatic N) is 1. The molecule has 1 saturated heterocycles. The van der Waals surface area contributed by atoms with E-state index in [2.05, 4.69) is 5.32 Å². The molecule has 0 bridgehead atoms. The third kappa shape index (κ3) is 2.87. The van der Waals surface area contributed by atoms with E-state index in [0.29, 0.717) is 30.3 Å². The predicted molar refractivity (Wildman–Crippen MR) is 76.7 cm³/mol. The number of hydrogen-bond donors (Lipinski definition) is 1. The Bertz CT molecular complexity index is 570. The number of piperidine rings is 1. The number of sulfonamides is 1. The summed E-state index contributed by atoms with van der Waals surface area (Å²) in [7, 11) is -1.63. The molecular weight excluding hydrogens is 279 g/mol. The van der Waals surface area contributed by atoms with Crippen molar-refractivity contribution in [2.24, 2.45) is 0 Å². The second-order valence-corrected chi connectivity index (χ2v) is 7.28. The fourth-order valence-electron chi connectivity index (χ4n) is 2.59. The maximum Gasteiger partial charge on any atom is 0.243 e. The van der Waals surface area contributed by atoms with Crippen molar-refractivity contribution >= 4 is 10.0 Å². The fourth-order valence-corrected chi connectivity index (χ4v) is 4.23. The second-order valence-electron chi connectivity index (χ2n) is 5.34. The molecule has 1 aliphatic heterocycles. The SMILES string of the molecule is CNC1CCN(S(=O)(=O)c2cc(C)c(F)c(C)c2)CC1. The summed E-state index contributed by atoms with van der Waals surface area (Å²) < 4.78 is 40.3. The van der Waals surface area contributed by atoms with E-state index in [0.717, 1.165) is 12.8 Å². The van der Waals surface area contributed by atoms with Crippen LogP contribution in [0.15, 0.2) is 17.0 Å². The first-order chi connectivity index (χ1) is 9.36. The number of halogens is 1. The van der Waals surface area contributed by atoms with E-state index in [4.69, 9.17) is 0 Å². The molecule has 0 aromatic heterocycles. The van der Waals surface area contributed by atoms with Gasteiger partial charge in [-0.25, -0.2) is 12.8 Å². The van der Waals surface area contributed by atoms with Crippen LogP contribution in [0, 0.1) is 19.7 Å². The van der Waals surface area contributed by atoms with Gasteiger partial charge in [0, 0.05) is 19.1 Å². The fraction of sp³-hybridized carbons (Fsp3) is 0.571. The van der Waals surface area contributed by atoms with Gasteiger partial charge in [-0.3, -0.25) is 0 Å². The molecular formula is C14H21FN2O2S. The highest BCUT2D eigenvalue weighted by Gasteiger charge is 2.29. The molecule has 0 atom stereocenters. The van der Waals surface area contributed by atoms with Crippen molar-refractivity contribution in [3.05, 3.63) is 29.1 Å². The van der Waals surface area contributed by atoms with E-state index in [-0.39, 0.29) is 10.7 Å². The molecule has 0 aliphatic carbocycles. The topological polar surface area (TPSA) is 49.4 Å². The Morgan fingerprint density at radius 2 is 1.70 bits per heavy atom. The van der Waals surface area contributed by atoms with E-state index >= 15 is 0 Å². The van der Waals surface area contributed by atoms with E-state index in [1.165, 1.54) is 16.4 Å². The summed E-state index contributed by atoms with van der Waals surface area (Å²) in [5.41, 5.74) is 0.738. The van der Waals surface area contributed by atoms with Crippen LogP contribution < -0.4 is 5.32 Å². The van der Waals surface area contributed by atoms with Gasteiger partial charge in [0.05, 0.1) is 4.90 Å². The smallest absolute Gasteiger partial charge is 0.243 e. The van der Waals surface area contributed by atoms with Gasteiger partial charge < -0.3 is 5.32 Å². The van der Waals surface area contributed by atoms with Crippen LogP contribution in [0.25, 0.3) is 0 Å². The van der Waals surface area contributed by atoms with Gasteiger partial charge in [-0.1, -0.05) is 0 Å². The largest absolute Gasteiger partial charge is 0.317 e. The van der Waals surface area contributed by atoms with Crippen LogP contribution in [0.5, 0.6) is 0 Å². The highest BCUT2D eigenvalue weighted by molar-refractivity contribution is 7.89. The highest BCUT2D eigenvalue weighted by atomic mass is 32.2. The van der Waals surface area contributed by atoms with Crippen molar-refractivity contribution in [1.82, 2.24) is 9.62 Å². The second kappa shape index (κ2) is 5.79. The normalized spacial score (nSPS) is 18.4. The summed E-state index contributed by atoms with van der Waals surface area (Å²) in [5.74, 6) is -0.335. The lowest BCUT2D eigenvalue weighted by Crippen LogP contribution is -2.43. The molecule has 1 fully saturated rings. The van der Waals surface area contributed by atoms with Crippen molar-refractivity contribution in [3.63, 3.8) is 0 Å². The third-order valence-corrected chi connectivity index (χ3v) is 5.79. The molecule has 0 spiro atoms. The average Bonchev–Trinajstić information content (AvgIpc) is 2.44. The Balaban J connectivity index is 2.27. The maximum atomic E-state index is 13.6. The van der Waals surface area contributed by atoms with Gasteiger partial charge in [-0.2, -0.15) is 4.31 Å². The Hall–Kier alpha value is -0.980. The lowest BCUT2D eigenvalue weighted by atomic mass is 10.1. The van der Waals surface area contributed by atoms with Gasteiger partial charge in [0.15, 0.2) is 0 Å². The zero-order valence-electron chi connectivity index (χ0n) is 12.1. The number of aryl methyl sites for hydroxylation is 2. The molecule has 6 heteroatoms. The molecule has 112 valence electrons. The van der Waals surface area contributed by atoms with Gasteiger partial charge in [0.25, 0.3) is 0 Å². The van der Waals surface area contributed by atoms with Crippen LogP contribution in [0.1, 0.15) is 24.0 Å². The molecule has 1 aliphatic rings. The lowest BCUT2D eigenvalue weighted by Gasteiger charge is -2.31. The number of hydrogen-bond acceptors (Lipinski definition) is 3. The minimum absolute atomic E-state index is 0.191. The first-order valence-corrected chi connectivity index (χ1v) is 8.24. The predicted octanol–water partition coefficient (Wildman–Crippen LogP) is 1.82. The van der Waals surface area contributed by atoms with Gasteiger partial charge in [0.2, 0.25) is 10.0 Å². The number of benzene rings is 1. The first-order valence-electron chi connectivity index (χ1n) is 6.80. The summed E-state index contributed by atoms with van der Waals surface area (Å²) in [5, 5.41) is 3.17. The van der Waals surface area contributed by atoms with Crippen molar-refractivity contribution in [3.8, 4) is 0 Å². The molecule has 1 heterocycles. The minimum Gasteiger partial charge on any atom is -0.317 e. The standard InChI is InChI=1S/C14H21FN2O2S/c1-10-8-13(9-11(2)14(10)15)20(18,19)17-6-4-12(16-3)5-7-17/h8-9,12,16H,4-7H2,1-3H3. The van der Waals surface area contributed by atoms with E-state index in [1.807, 2.05) is 7.05 Å².